The van der Waals surface area contributed by atoms with E-state index in [2.05, 4.69) is 30.5 Å². The van der Waals surface area contributed by atoms with Crippen LogP contribution in [0.4, 0.5) is 9.18 Å². The number of carbonyl (C=O) groups is 1. The van der Waals surface area contributed by atoms with Gasteiger partial charge in [0.1, 0.15) is 16.6 Å². The van der Waals surface area contributed by atoms with E-state index in [9.17, 15) is 9.18 Å². The molecule has 1 saturated heterocycles. The number of imidazole rings is 1. The highest BCUT2D eigenvalue weighted by Crippen LogP contribution is 2.36. The quantitative estimate of drug-likeness (QED) is 0.416. The number of piperidine rings is 1. The van der Waals surface area contributed by atoms with Crippen molar-refractivity contribution >= 4 is 55.6 Å². The average Bonchev–Trinajstić information content (AvgIpc) is 3.09. The van der Waals surface area contributed by atoms with Gasteiger partial charge in [0.15, 0.2) is 5.82 Å². The molecule has 6 nitrogen and oxygen atoms in total. The number of hydrogen-bond acceptors (Lipinski definition) is 4. The average molecular weight is 484 g/mol. The van der Waals surface area contributed by atoms with E-state index in [1.54, 1.807) is 23.5 Å². The maximum atomic E-state index is 14.7. The van der Waals surface area contributed by atoms with Crippen LogP contribution in [0.5, 0.6) is 0 Å². The third-order valence-corrected chi connectivity index (χ3v) is 6.34. The van der Waals surface area contributed by atoms with E-state index >= 15 is 0 Å². The third-order valence-electron chi connectivity index (χ3n) is 5.04. The van der Waals surface area contributed by atoms with Crippen molar-refractivity contribution in [2.75, 3.05) is 13.1 Å². The maximum absolute atomic E-state index is 14.7. The molecule has 0 unspecified atom stereocenters. The number of fused-ring (bicyclic) bond motifs is 3. The van der Waals surface area contributed by atoms with E-state index in [4.69, 9.17) is 16.3 Å². The van der Waals surface area contributed by atoms with Gasteiger partial charge in [-0.3, -0.25) is 4.98 Å². The molecule has 154 valence electrons. The normalized spacial score (nSPS) is 16.0. The SMILES string of the molecule is CC(C)(C)OC(=O)N1CCC(n2cnc3cnc4c(F)c(Br)c(Cl)cc4c32)CC1. The molecule has 9 heteroatoms. The van der Waals surface area contributed by atoms with Crippen LogP contribution in [0.1, 0.15) is 39.7 Å². The Kier molecular flexibility index (Phi) is 5.19. The number of pyridine rings is 1. The van der Waals surface area contributed by atoms with Crippen LogP contribution in [0, 0.1) is 5.82 Å². The first-order valence-electron chi connectivity index (χ1n) is 9.42. The molecule has 0 radical (unpaired) electrons. The number of ether oxygens (including phenoxy) is 1. The van der Waals surface area contributed by atoms with Crippen molar-refractivity contribution < 1.29 is 13.9 Å². The number of nitrogens with zero attached hydrogens (tertiary/aromatic N) is 4. The van der Waals surface area contributed by atoms with E-state index in [1.807, 2.05) is 20.8 Å². The van der Waals surface area contributed by atoms with Gasteiger partial charge >= 0.3 is 6.09 Å². The Morgan fingerprint density at radius 1 is 1.31 bits per heavy atom. The maximum Gasteiger partial charge on any atom is 0.410 e. The smallest absolute Gasteiger partial charge is 0.410 e. The van der Waals surface area contributed by atoms with Gasteiger partial charge in [0.05, 0.1) is 27.5 Å². The first kappa shape index (κ1) is 20.3. The summed E-state index contributed by atoms with van der Waals surface area (Å²) in [6.45, 7) is 6.75. The van der Waals surface area contributed by atoms with Crippen molar-refractivity contribution in [3.8, 4) is 0 Å². The molecule has 1 aromatic carbocycles. The Balaban J connectivity index is 1.65. The van der Waals surface area contributed by atoms with Crippen LogP contribution in [0.2, 0.25) is 5.02 Å². The molecular formula is C20H21BrClFN4O2. The number of carbonyl (C=O) groups excluding carboxylic acids is 1. The predicted molar refractivity (Wildman–Crippen MR) is 114 cm³/mol. The molecule has 3 heterocycles. The Bertz CT molecular complexity index is 1100. The lowest BCUT2D eigenvalue weighted by molar-refractivity contribution is 0.0189. The molecule has 2 aromatic heterocycles. The molecule has 0 spiro atoms. The second-order valence-corrected chi connectivity index (χ2v) is 9.43. The Morgan fingerprint density at radius 3 is 2.66 bits per heavy atom. The minimum Gasteiger partial charge on any atom is -0.444 e. The molecule has 1 aliphatic rings. The summed E-state index contributed by atoms with van der Waals surface area (Å²) in [4.78, 5) is 22.7. The van der Waals surface area contributed by atoms with Crippen molar-refractivity contribution in [3.05, 3.63) is 33.9 Å². The van der Waals surface area contributed by atoms with E-state index < -0.39 is 11.4 Å². The minimum absolute atomic E-state index is 0.134. The van der Waals surface area contributed by atoms with Gasteiger partial charge in [-0.1, -0.05) is 11.6 Å². The fraction of sp³-hybridized carbons (Fsp3) is 0.450. The molecule has 0 aliphatic carbocycles. The molecule has 1 aliphatic heterocycles. The molecule has 1 fully saturated rings. The highest BCUT2D eigenvalue weighted by atomic mass is 79.9. The predicted octanol–water partition coefficient (Wildman–Crippen LogP) is 5.71. The van der Waals surface area contributed by atoms with Gasteiger partial charge in [0.2, 0.25) is 0 Å². The van der Waals surface area contributed by atoms with Crippen LogP contribution in [-0.2, 0) is 4.74 Å². The topological polar surface area (TPSA) is 60.2 Å². The van der Waals surface area contributed by atoms with Crippen LogP contribution in [0.15, 0.2) is 23.1 Å². The van der Waals surface area contributed by atoms with Gasteiger partial charge < -0.3 is 14.2 Å². The third kappa shape index (κ3) is 3.80. The number of likely N-dealkylation sites (tertiary alicyclic amines) is 1. The summed E-state index contributed by atoms with van der Waals surface area (Å²) in [5, 5.41) is 0.914. The lowest BCUT2D eigenvalue weighted by atomic mass is 10.0. The van der Waals surface area contributed by atoms with Crippen LogP contribution in [-0.4, -0.2) is 44.2 Å². The number of rotatable bonds is 1. The van der Waals surface area contributed by atoms with Crippen molar-refractivity contribution in [1.29, 1.82) is 0 Å². The zero-order valence-electron chi connectivity index (χ0n) is 16.4. The van der Waals surface area contributed by atoms with Crippen LogP contribution < -0.4 is 0 Å². The lowest BCUT2D eigenvalue weighted by Gasteiger charge is -2.34. The molecule has 1 amide bonds. The fourth-order valence-electron chi connectivity index (χ4n) is 3.69. The molecule has 0 saturated carbocycles. The van der Waals surface area contributed by atoms with Gasteiger partial charge in [0, 0.05) is 24.5 Å². The van der Waals surface area contributed by atoms with Crippen molar-refractivity contribution in [2.24, 2.45) is 0 Å². The lowest BCUT2D eigenvalue weighted by Crippen LogP contribution is -2.42. The monoisotopic (exact) mass is 482 g/mol. The molecule has 4 rings (SSSR count). The summed E-state index contributed by atoms with van der Waals surface area (Å²) in [6, 6.07) is 1.85. The van der Waals surface area contributed by atoms with Crippen molar-refractivity contribution in [3.63, 3.8) is 0 Å². The number of aromatic nitrogens is 3. The van der Waals surface area contributed by atoms with E-state index in [0.29, 0.717) is 24.0 Å². The summed E-state index contributed by atoms with van der Waals surface area (Å²) in [5.41, 5.74) is 1.23. The van der Waals surface area contributed by atoms with E-state index in [0.717, 1.165) is 18.4 Å². The highest BCUT2D eigenvalue weighted by molar-refractivity contribution is 9.10. The Hall–Kier alpha value is -1.93. The summed E-state index contributed by atoms with van der Waals surface area (Å²) in [5.74, 6) is -0.484. The number of amides is 1. The van der Waals surface area contributed by atoms with Gasteiger partial charge in [-0.05, 0) is 55.6 Å². The standard InChI is InChI=1S/C20H21BrClFN4O2/c1-20(2,3)29-19(28)26-6-4-11(5-7-26)27-10-25-14-9-24-17-12(18(14)27)8-13(22)15(21)16(17)23/h8-11H,4-7H2,1-3H3. The zero-order valence-corrected chi connectivity index (χ0v) is 18.7. The number of halogens is 3. The van der Waals surface area contributed by atoms with Gasteiger partial charge in [-0.15, -0.1) is 0 Å². The summed E-state index contributed by atoms with van der Waals surface area (Å²) in [7, 11) is 0. The van der Waals surface area contributed by atoms with Crippen molar-refractivity contribution in [1.82, 2.24) is 19.4 Å². The molecular weight excluding hydrogens is 463 g/mol. The minimum atomic E-state index is -0.516. The number of hydrogen-bond donors (Lipinski definition) is 0. The molecule has 3 aromatic rings. The van der Waals surface area contributed by atoms with Gasteiger partial charge in [0.25, 0.3) is 0 Å². The summed E-state index contributed by atoms with van der Waals surface area (Å²) >= 11 is 9.38. The van der Waals surface area contributed by atoms with E-state index in [1.165, 1.54) is 0 Å². The van der Waals surface area contributed by atoms with Crippen LogP contribution in [0.3, 0.4) is 0 Å². The fourth-order valence-corrected chi connectivity index (χ4v) is 4.19. The Morgan fingerprint density at radius 2 is 2.00 bits per heavy atom. The largest absolute Gasteiger partial charge is 0.444 e. The molecule has 0 atom stereocenters. The molecule has 29 heavy (non-hydrogen) atoms. The second kappa shape index (κ2) is 7.40. The number of benzene rings is 1. The van der Waals surface area contributed by atoms with Crippen LogP contribution >= 0.6 is 27.5 Å². The molecule has 0 N–H and O–H groups in total. The summed E-state index contributed by atoms with van der Waals surface area (Å²) in [6.07, 6.45) is 4.54. The first-order chi connectivity index (χ1) is 13.7. The van der Waals surface area contributed by atoms with Gasteiger partial charge in [-0.25, -0.2) is 14.2 Å². The van der Waals surface area contributed by atoms with Crippen LogP contribution in [0.25, 0.3) is 21.9 Å². The molecule has 0 bridgehead atoms. The zero-order chi connectivity index (χ0) is 20.9. The van der Waals surface area contributed by atoms with Gasteiger partial charge in [-0.2, -0.15) is 0 Å². The highest BCUT2D eigenvalue weighted by Gasteiger charge is 2.28. The Labute approximate surface area is 181 Å². The first-order valence-corrected chi connectivity index (χ1v) is 10.6. The van der Waals surface area contributed by atoms with E-state index in [-0.39, 0.29) is 27.1 Å². The summed E-state index contributed by atoms with van der Waals surface area (Å²) < 4.78 is 22.4. The second-order valence-electron chi connectivity index (χ2n) is 8.22. The van der Waals surface area contributed by atoms with Crippen molar-refractivity contribution in [2.45, 2.75) is 45.3 Å².